The first-order chi connectivity index (χ1) is 7.77. The molecule has 0 radical (unpaired) electrons. The number of sulfone groups is 1. The molecule has 0 bridgehead atoms. The highest BCUT2D eigenvalue weighted by Gasteiger charge is 2.36. The number of hydrogen-bond donors (Lipinski definition) is 1. The first kappa shape index (κ1) is 12.9. The maximum atomic E-state index is 11.9. The molecule has 2 aliphatic rings. The van der Waals surface area contributed by atoms with Crippen molar-refractivity contribution in [3.05, 3.63) is 0 Å². The second-order valence-corrected chi connectivity index (χ2v) is 8.44. The van der Waals surface area contributed by atoms with Gasteiger partial charge in [-0.2, -0.15) is 0 Å². The monoisotopic (exact) mass is 259 g/mol. The smallest absolute Gasteiger partial charge is 0.224 e. The maximum Gasteiger partial charge on any atom is 0.224 e. The molecule has 5 heteroatoms. The number of carbonyl (C=O) groups is 1. The van der Waals surface area contributed by atoms with Crippen LogP contribution in [0.5, 0.6) is 0 Å². The summed E-state index contributed by atoms with van der Waals surface area (Å²) in [6.45, 7) is 4.42. The van der Waals surface area contributed by atoms with Crippen LogP contribution >= 0.6 is 0 Å². The van der Waals surface area contributed by atoms with Crippen LogP contribution in [-0.2, 0) is 14.6 Å². The Morgan fingerprint density at radius 2 is 2.00 bits per heavy atom. The van der Waals surface area contributed by atoms with Crippen LogP contribution < -0.4 is 5.32 Å². The van der Waals surface area contributed by atoms with Gasteiger partial charge in [-0.3, -0.25) is 4.79 Å². The summed E-state index contributed by atoms with van der Waals surface area (Å²) in [4.78, 5) is 11.9. The molecule has 0 aromatic rings. The van der Waals surface area contributed by atoms with Crippen LogP contribution in [0.1, 0.15) is 39.5 Å². The molecule has 4 nitrogen and oxygen atoms in total. The number of carbonyl (C=O) groups excluding carboxylic acids is 1. The van der Waals surface area contributed by atoms with Gasteiger partial charge in [-0.05, 0) is 31.1 Å². The van der Waals surface area contributed by atoms with Gasteiger partial charge >= 0.3 is 0 Å². The van der Waals surface area contributed by atoms with Crippen LogP contribution in [0.4, 0.5) is 0 Å². The Kier molecular flexibility index (Phi) is 3.23. The van der Waals surface area contributed by atoms with Gasteiger partial charge in [0.25, 0.3) is 0 Å². The molecule has 0 aromatic heterocycles. The van der Waals surface area contributed by atoms with Gasteiger partial charge in [-0.25, -0.2) is 8.42 Å². The van der Waals surface area contributed by atoms with E-state index in [2.05, 4.69) is 19.2 Å². The van der Waals surface area contributed by atoms with Crippen molar-refractivity contribution in [3.8, 4) is 0 Å². The third kappa shape index (κ3) is 3.21. The van der Waals surface area contributed by atoms with Crippen LogP contribution in [0.15, 0.2) is 0 Å². The van der Waals surface area contributed by atoms with Crippen LogP contribution in [0.25, 0.3) is 0 Å². The molecule has 2 rings (SSSR count). The van der Waals surface area contributed by atoms with Gasteiger partial charge in [-0.15, -0.1) is 0 Å². The van der Waals surface area contributed by atoms with Crippen molar-refractivity contribution in [3.63, 3.8) is 0 Å². The molecule has 2 atom stereocenters. The molecule has 98 valence electrons. The standard InChI is InChI=1S/C12H21NO3S/c1-12(2)5-3-10(7-12)13-11(14)9-4-6-17(15,16)8-9/h9-10H,3-8H2,1-2H3,(H,13,14). The number of amides is 1. The average Bonchev–Trinajstić information content (AvgIpc) is 2.69. The lowest BCUT2D eigenvalue weighted by Crippen LogP contribution is -2.38. The fourth-order valence-corrected chi connectivity index (χ4v) is 4.62. The van der Waals surface area contributed by atoms with Crippen LogP contribution in [0, 0.1) is 11.3 Å². The molecule has 1 amide bonds. The first-order valence-electron chi connectivity index (χ1n) is 6.28. The summed E-state index contributed by atoms with van der Waals surface area (Å²) < 4.78 is 22.6. The van der Waals surface area contributed by atoms with Crippen molar-refractivity contribution in [2.75, 3.05) is 11.5 Å². The molecule has 0 aromatic carbocycles. The average molecular weight is 259 g/mol. The Labute approximate surface area is 103 Å². The molecule has 0 spiro atoms. The van der Waals surface area contributed by atoms with E-state index in [9.17, 15) is 13.2 Å². The summed E-state index contributed by atoms with van der Waals surface area (Å²) in [6.07, 6.45) is 3.63. The van der Waals surface area contributed by atoms with Crippen molar-refractivity contribution in [1.29, 1.82) is 0 Å². The quantitative estimate of drug-likeness (QED) is 0.808. The molecule has 2 unspecified atom stereocenters. The van der Waals surface area contributed by atoms with Crippen LogP contribution in [0.3, 0.4) is 0 Å². The maximum absolute atomic E-state index is 11.9. The lowest BCUT2D eigenvalue weighted by Gasteiger charge is -2.19. The summed E-state index contributed by atoms with van der Waals surface area (Å²) in [5.41, 5.74) is 0.305. The van der Waals surface area contributed by atoms with Gasteiger partial charge in [0, 0.05) is 6.04 Å². The van der Waals surface area contributed by atoms with Crippen molar-refractivity contribution in [2.45, 2.75) is 45.6 Å². The number of nitrogens with one attached hydrogen (secondary N) is 1. The van der Waals surface area contributed by atoms with Crippen LogP contribution in [0.2, 0.25) is 0 Å². The third-order valence-corrected chi connectivity index (χ3v) is 5.69. The fourth-order valence-electron chi connectivity index (χ4n) is 2.88. The van der Waals surface area contributed by atoms with E-state index >= 15 is 0 Å². The van der Waals surface area contributed by atoms with Crippen molar-refractivity contribution < 1.29 is 13.2 Å². The second kappa shape index (κ2) is 4.26. The van der Waals surface area contributed by atoms with E-state index in [0.717, 1.165) is 19.3 Å². The van der Waals surface area contributed by atoms with Gasteiger partial charge in [0.1, 0.15) is 0 Å². The van der Waals surface area contributed by atoms with Gasteiger partial charge in [0.15, 0.2) is 9.84 Å². The molecule has 1 aliphatic heterocycles. The van der Waals surface area contributed by atoms with Crippen LogP contribution in [-0.4, -0.2) is 31.9 Å². The van der Waals surface area contributed by atoms with E-state index in [1.54, 1.807) is 0 Å². The van der Waals surface area contributed by atoms with E-state index in [-0.39, 0.29) is 29.4 Å². The van der Waals surface area contributed by atoms with Crippen molar-refractivity contribution in [2.24, 2.45) is 11.3 Å². The van der Waals surface area contributed by atoms with Gasteiger partial charge in [-0.1, -0.05) is 13.8 Å². The molecular weight excluding hydrogens is 238 g/mol. The predicted molar refractivity (Wildman–Crippen MR) is 66.3 cm³/mol. The Hall–Kier alpha value is -0.580. The highest BCUT2D eigenvalue weighted by molar-refractivity contribution is 7.91. The normalized spacial score (nSPS) is 34.7. The SMILES string of the molecule is CC1(C)CCC(NC(=O)C2CCS(=O)(=O)C2)C1. The van der Waals surface area contributed by atoms with Gasteiger partial charge in [0.05, 0.1) is 17.4 Å². The lowest BCUT2D eigenvalue weighted by atomic mass is 9.92. The highest BCUT2D eigenvalue weighted by Crippen LogP contribution is 2.37. The van der Waals surface area contributed by atoms with E-state index in [1.807, 2.05) is 0 Å². The zero-order chi connectivity index (χ0) is 12.7. The molecule has 2 fully saturated rings. The highest BCUT2D eigenvalue weighted by atomic mass is 32.2. The molecule has 1 heterocycles. The Morgan fingerprint density at radius 1 is 1.29 bits per heavy atom. The summed E-state index contributed by atoms with van der Waals surface area (Å²) >= 11 is 0. The predicted octanol–water partition coefficient (Wildman–Crippen LogP) is 1.12. The van der Waals surface area contributed by atoms with E-state index in [0.29, 0.717) is 11.8 Å². The zero-order valence-electron chi connectivity index (χ0n) is 10.5. The van der Waals surface area contributed by atoms with E-state index < -0.39 is 9.84 Å². The minimum atomic E-state index is -2.96. The largest absolute Gasteiger partial charge is 0.353 e. The van der Waals surface area contributed by atoms with Gasteiger partial charge in [0.2, 0.25) is 5.91 Å². The second-order valence-electron chi connectivity index (χ2n) is 6.21. The van der Waals surface area contributed by atoms with Gasteiger partial charge < -0.3 is 5.32 Å². The molecule has 1 saturated heterocycles. The molecule has 1 aliphatic carbocycles. The Morgan fingerprint density at radius 3 is 2.47 bits per heavy atom. The van der Waals surface area contributed by atoms with E-state index in [4.69, 9.17) is 0 Å². The molecular formula is C12H21NO3S. The van der Waals surface area contributed by atoms with Crippen molar-refractivity contribution in [1.82, 2.24) is 5.32 Å². The number of hydrogen-bond acceptors (Lipinski definition) is 3. The first-order valence-corrected chi connectivity index (χ1v) is 8.10. The summed E-state index contributed by atoms with van der Waals surface area (Å²) in [5, 5.41) is 3.01. The topological polar surface area (TPSA) is 63.2 Å². The summed E-state index contributed by atoms with van der Waals surface area (Å²) in [5.74, 6) is -0.173. The molecule has 1 N–H and O–H groups in total. The summed E-state index contributed by atoms with van der Waals surface area (Å²) in [7, 11) is -2.96. The van der Waals surface area contributed by atoms with Crippen molar-refractivity contribution >= 4 is 15.7 Å². The third-order valence-electron chi connectivity index (χ3n) is 3.92. The minimum Gasteiger partial charge on any atom is -0.353 e. The minimum absolute atomic E-state index is 0.0367. The zero-order valence-corrected chi connectivity index (χ0v) is 11.3. The lowest BCUT2D eigenvalue weighted by molar-refractivity contribution is -0.124. The Bertz CT molecular complexity index is 413. The van der Waals surface area contributed by atoms with E-state index in [1.165, 1.54) is 0 Å². The fraction of sp³-hybridized carbons (Fsp3) is 0.917. The molecule has 1 saturated carbocycles. The molecule has 17 heavy (non-hydrogen) atoms. The number of rotatable bonds is 2. The summed E-state index contributed by atoms with van der Waals surface area (Å²) in [6, 6.07) is 0.237. The Balaban J connectivity index is 1.87.